The van der Waals surface area contributed by atoms with Gasteiger partial charge in [-0.05, 0) is 43.0 Å². The molecule has 1 atom stereocenters. The van der Waals surface area contributed by atoms with Crippen molar-refractivity contribution < 1.29 is 24.1 Å². The van der Waals surface area contributed by atoms with Crippen LogP contribution in [0.2, 0.25) is 0 Å². The van der Waals surface area contributed by atoms with Gasteiger partial charge in [0.1, 0.15) is 5.69 Å². The fraction of sp³-hybridized carbons (Fsp3) is 0.467. The van der Waals surface area contributed by atoms with Gasteiger partial charge in [0.2, 0.25) is 5.69 Å². The molecule has 0 spiro atoms. The van der Waals surface area contributed by atoms with Crippen LogP contribution in [0.25, 0.3) is 0 Å². The summed E-state index contributed by atoms with van der Waals surface area (Å²) in [5.74, 6) is -1.31. The zero-order valence-electron chi connectivity index (χ0n) is 12.9. The van der Waals surface area contributed by atoms with Crippen LogP contribution in [0, 0.1) is 0 Å². The number of aromatic carboxylic acids is 1. The molecule has 1 aliphatic rings. The Balaban J connectivity index is 1.45. The van der Waals surface area contributed by atoms with E-state index in [2.05, 4.69) is 20.3 Å². The normalized spacial score (nSPS) is 17.1. The number of carbonyl (C=O) groups is 2. The summed E-state index contributed by atoms with van der Waals surface area (Å²) in [5.41, 5.74) is 0.106. The number of rotatable bonds is 7. The highest BCUT2D eigenvalue weighted by Gasteiger charge is 2.21. The number of nitrogens with zero attached hydrogens (tertiary/aromatic N) is 2. The van der Waals surface area contributed by atoms with E-state index in [-0.39, 0.29) is 23.4 Å². The molecule has 9 heteroatoms. The number of carbonyl (C=O) groups excluding carboxylic acids is 1. The second-order valence-corrected chi connectivity index (χ2v) is 6.54. The third-order valence-corrected chi connectivity index (χ3v) is 4.91. The molecule has 1 amide bonds. The van der Waals surface area contributed by atoms with Gasteiger partial charge in [-0.15, -0.1) is 11.3 Å². The predicted octanol–water partition coefficient (Wildman–Crippen LogP) is 2.04. The van der Waals surface area contributed by atoms with E-state index in [0.717, 1.165) is 24.3 Å². The number of amides is 1. The predicted molar refractivity (Wildman–Crippen MR) is 84.2 cm³/mol. The van der Waals surface area contributed by atoms with E-state index in [9.17, 15) is 9.59 Å². The molecule has 0 unspecified atom stereocenters. The first-order chi connectivity index (χ1) is 11.6. The third kappa shape index (κ3) is 3.80. The molecule has 3 rings (SSSR count). The van der Waals surface area contributed by atoms with Crippen molar-refractivity contribution in [1.82, 2.24) is 15.6 Å². The molecule has 1 saturated heterocycles. The first kappa shape index (κ1) is 16.6. The molecule has 0 saturated carbocycles. The van der Waals surface area contributed by atoms with Crippen LogP contribution in [0.15, 0.2) is 16.8 Å². The SMILES string of the molecule is O=C(NCCCc1nonc1C(=O)O)c1ccc([C@@H]2CCCO2)s1. The molecule has 2 N–H and O–H groups in total. The quantitative estimate of drug-likeness (QED) is 0.734. The number of hydrogen-bond donors (Lipinski definition) is 2. The lowest BCUT2D eigenvalue weighted by molar-refractivity contribution is 0.0683. The van der Waals surface area contributed by atoms with Crippen LogP contribution in [0.4, 0.5) is 0 Å². The first-order valence-electron chi connectivity index (χ1n) is 7.69. The minimum atomic E-state index is -1.17. The van der Waals surface area contributed by atoms with Gasteiger partial charge in [0, 0.05) is 18.0 Å². The monoisotopic (exact) mass is 351 g/mol. The molecule has 0 bridgehead atoms. The summed E-state index contributed by atoms with van der Waals surface area (Å²) in [5, 5.41) is 18.6. The molecule has 3 heterocycles. The Bertz CT molecular complexity index is 720. The van der Waals surface area contributed by atoms with Gasteiger partial charge in [-0.2, -0.15) is 0 Å². The maximum atomic E-state index is 12.1. The van der Waals surface area contributed by atoms with E-state index in [1.165, 1.54) is 11.3 Å². The molecule has 2 aromatic rings. The van der Waals surface area contributed by atoms with E-state index in [1.54, 1.807) is 6.07 Å². The number of ether oxygens (including phenoxy) is 1. The van der Waals surface area contributed by atoms with Crippen LogP contribution in [0.5, 0.6) is 0 Å². The summed E-state index contributed by atoms with van der Waals surface area (Å²) in [6.45, 7) is 1.19. The summed E-state index contributed by atoms with van der Waals surface area (Å²) in [6, 6.07) is 3.75. The van der Waals surface area contributed by atoms with Crippen molar-refractivity contribution in [3.63, 3.8) is 0 Å². The van der Waals surface area contributed by atoms with Gasteiger partial charge in [0.05, 0.1) is 11.0 Å². The van der Waals surface area contributed by atoms with E-state index in [0.29, 0.717) is 24.3 Å². The zero-order valence-corrected chi connectivity index (χ0v) is 13.7. The highest BCUT2D eigenvalue weighted by molar-refractivity contribution is 7.14. The van der Waals surface area contributed by atoms with Crippen molar-refractivity contribution in [2.45, 2.75) is 31.8 Å². The molecule has 1 aliphatic heterocycles. The molecule has 0 aromatic carbocycles. The topological polar surface area (TPSA) is 115 Å². The fourth-order valence-corrected chi connectivity index (χ4v) is 3.54. The Kier molecular flexibility index (Phi) is 5.21. The summed E-state index contributed by atoms with van der Waals surface area (Å²) in [7, 11) is 0. The Morgan fingerprint density at radius 2 is 2.25 bits per heavy atom. The molecule has 2 aromatic heterocycles. The van der Waals surface area contributed by atoms with Gasteiger partial charge in [-0.3, -0.25) is 4.79 Å². The molecule has 8 nitrogen and oxygen atoms in total. The Hall–Kier alpha value is -2.26. The second-order valence-electron chi connectivity index (χ2n) is 5.43. The fourth-order valence-electron chi connectivity index (χ4n) is 2.53. The summed E-state index contributed by atoms with van der Waals surface area (Å²) in [6.07, 6.45) is 3.09. The van der Waals surface area contributed by atoms with Gasteiger partial charge in [-0.25, -0.2) is 9.42 Å². The van der Waals surface area contributed by atoms with Crippen molar-refractivity contribution >= 4 is 23.2 Å². The lowest BCUT2D eigenvalue weighted by Crippen LogP contribution is -2.24. The number of thiophene rings is 1. The van der Waals surface area contributed by atoms with Crippen LogP contribution in [0.3, 0.4) is 0 Å². The maximum absolute atomic E-state index is 12.1. The molecular formula is C15H17N3O5S. The van der Waals surface area contributed by atoms with Gasteiger partial charge in [0.25, 0.3) is 5.91 Å². The number of aromatic nitrogens is 2. The van der Waals surface area contributed by atoms with Crippen LogP contribution < -0.4 is 5.32 Å². The molecular weight excluding hydrogens is 334 g/mol. The molecule has 128 valence electrons. The first-order valence-corrected chi connectivity index (χ1v) is 8.51. The number of carboxylic acid groups (broad SMARTS) is 1. The van der Waals surface area contributed by atoms with E-state index in [4.69, 9.17) is 9.84 Å². The Morgan fingerprint density at radius 3 is 3.00 bits per heavy atom. The van der Waals surface area contributed by atoms with Gasteiger partial charge in [0.15, 0.2) is 0 Å². The minimum absolute atomic E-state index is 0.116. The van der Waals surface area contributed by atoms with Crippen LogP contribution in [-0.2, 0) is 11.2 Å². The number of nitrogens with one attached hydrogen (secondary N) is 1. The van der Waals surface area contributed by atoms with E-state index < -0.39 is 5.97 Å². The minimum Gasteiger partial charge on any atom is -0.476 e. The van der Waals surface area contributed by atoms with Crippen molar-refractivity contribution in [1.29, 1.82) is 0 Å². The lowest BCUT2D eigenvalue weighted by Gasteiger charge is -2.05. The maximum Gasteiger partial charge on any atom is 0.360 e. The molecule has 1 fully saturated rings. The van der Waals surface area contributed by atoms with E-state index >= 15 is 0 Å². The van der Waals surface area contributed by atoms with Crippen LogP contribution in [0.1, 0.15) is 56.1 Å². The zero-order chi connectivity index (χ0) is 16.9. The molecule has 0 radical (unpaired) electrons. The summed E-state index contributed by atoms with van der Waals surface area (Å²) in [4.78, 5) is 24.7. The number of aryl methyl sites for hydroxylation is 1. The van der Waals surface area contributed by atoms with E-state index in [1.807, 2.05) is 6.07 Å². The van der Waals surface area contributed by atoms with Crippen molar-refractivity contribution in [2.24, 2.45) is 0 Å². The molecule has 24 heavy (non-hydrogen) atoms. The Labute approximate surface area is 141 Å². The highest BCUT2D eigenvalue weighted by atomic mass is 32.1. The van der Waals surface area contributed by atoms with Crippen molar-refractivity contribution in [2.75, 3.05) is 13.2 Å². The number of carboxylic acids is 1. The van der Waals surface area contributed by atoms with Crippen molar-refractivity contribution in [3.05, 3.63) is 33.3 Å². The second kappa shape index (κ2) is 7.54. The van der Waals surface area contributed by atoms with Gasteiger partial charge in [-0.1, -0.05) is 5.16 Å². The van der Waals surface area contributed by atoms with Crippen LogP contribution in [-0.4, -0.2) is 40.4 Å². The highest BCUT2D eigenvalue weighted by Crippen LogP contribution is 2.33. The third-order valence-electron chi connectivity index (χ3n) is 3.73. The lowest BCUT2D eigenvalue weighted by atomic mass is 10.2. The molecule has 0 aliphatic carbocycles. The number of hydrogen-bond acceptors (Lipinski definition) is 7. The average Bonchev–Trinajstić information content (AvgIpc) is 3.31. The standard InChI is InChI=1S/C15H17N3O5S/c19-14(12-6-5-11(24-12)10-4-2-8-22-10)16-7-1-3-9-13(15(20)21)18-23-17-9/h5-6,10H,1-4,7-8H2,(H,16,19)(H,20,21)/t10-/m0/s1. The Morgan fingerprint density at radius 1 is 1.38 bits per heavy atom. The average molecular weight is 351 g/mol. The van der Waals surface area contributed by atoms with Gasteiger partial charge >= 0.3 is 5.97 Å². The smallest absolute Gasteiger partial charge is 0.360 e. The largest absolute Gasteiger partial charge is 0.476 e. The summed E-state index contributed by atoms with van der Waals surface area (Å²) < 4.78 is 10.0. The van der Waals surface area contributed by atoms with Gasteiger partial charge < -0.3 is 15.2 Å². The summed E-state index contributed by atoms with van der Waals surface area (Å²) >= 11 is 1.45. The van der Waals surface area contributed by atoms with Crippen molar-refractivity contribution in [3.8, 4) is 0 Å². The van der Waals surface area contributed by atoms with Crippen LogP contribution >= 0.6 is 11.3 Å².